The summed E-state index contributed by atoms with van der Waals surface area (Å²) in [5.41, 5.74) is 11.0. The van der Waals surface area contributed by atoms with Crippen LogP contribution in [0.4, 0.5) is 5.69 Å². The zero-order valence-corrected chi connectivity index (χ0v) is 24.8. The van der Waals surface area contributed by atoms with Gasteiger partial charge in [-0.2, -0.15) is 0 Å². The van der Waals surface area contributed by atoms with Crippen molar-refractivity contribution in [3.8, 4) is 11.1 Å². The van der Waals surface area contributed by atoms with Crippen molar-refractivity contribution in [2.75, 3.05) is 11.9 Å². The highest BCUT2D eigenvalue weighted by Gasteiger charge is 2.55. The average molecular weight is 526 g/mol. The molecule has 0 aromatic heterocycles. The fourth-order valence-corrected chi connectivity index (χ4v) is 7.94. The van der Waals surface area contributed by atoms with E-state index in [1.165, 1.54) is 39.1 Å². The summed E-state index contributed by atoms with van der Waals surface area (Å²) < 4.78 is 0. The maximum atomic E-state index is 3.82. The van der Waals surface area contributed by atoms with Crippen LogP contribution in [0, 0.1) is 16.7 Å². The molecule has 1 N–H and O–H groups in total. The Labute approximate surface area is 241 Å². The molecular weight excluding hydrogens is 482 g/mol. The predicted octanol–water partition coefficient (Wildman–Crippen LogP) is 10.3. The van der Waals surface area contributed by atoms with Crippen LogP contribution >= 0.6 is 0 Å². The van der Waals surface area contributed by atoms with Gasteiger partial charge in [-0.25, -0.2) is 0 Å². The van der Waals surface area contributed by atoms with Crippen molar-refractivity contribution in [2.24, 2.45) is 16.7 Å². The van der Waals surface area contributed by atoms with E-state index in [2.05, 4.69) is 149 Å². The molecule has 3 aromatic rings. The third-order valence-corrected chi connectivity index (χ3v) is 10.4. The molecule has 1 nitrogen and oxygen atoms in total. The maximum absolute atomic E-state index is 3.82. The van der Waals surface area contributed by atoms with Gasteiger partial charge in [0.2, 0.25) is 0 Å². The average Bonchev–Trinajstić information content (AvgIpc) is 3.30. The van der Waals surface area contributed by atoms with Crippen molar-refractivity contribution in [1.82, 2.24) is 0 Å². The highest BCUT2D eigenvalue weighted by atomic mass is 14.9. The van der Waals surface area contributed by atoms with Gasteiger partial charge in [0, 0.05) is 23.1 Å². The second-order valence-electron chi connectivity index (χ2n) is 12.5. The highest BCUT2D eigenvalue weighted by Crippen LogP contribution is 2.62. The molecule has 6 rings (SSSR count). The van der Waals surface area contributed by atoms with E-state index in [0.29, 0.717) is 5.92 Å². The van der Waals surface area contributed by atoms with Crippen LogP contribution in [0.5, 0.6) is 0 Å². The number of hydrogen-bond donors (Lipinski definition) is 1. The standard InChI is InChI=1S/C39H43N/c1-6-29-23-26-37(4,28(3)32(29)7-2)27-40-31-21-19-30(20-22-31)39(38(5)24-13-8-14-25-38)35-17-11-9-15-33(35)34-16-10-12-18-36(34)39/h8-24,26,28,40H,6-7,25,27H2,1-5H3. The van der Waals surface area contributed by atoms with Gasteiger partial charge in [-0.1, -0.05) is 137 Å². The van der Waals surface area contributed by atoms with Crippen LogP contribution in [-0.4, -0.2) is 6.54 Å². The number of anilines is 1. The van der Waals surface area contributed by atoms with Crippen LogP contribution in [0.3, 0.4) is 0 Å². The quantitative estimate of drug-likeness (QED) is 0.323. The molecule has 0 saturated heterocycles. The molecule has 0 aliphatic heterocycles. The topological polar surface area (TPSA) is 12.0 Å². The van der Waals surface area contributed by atoms with Crippen LogP contribution in [0.2, 0.25) is 0 Å². The second kappa shape index (κ2) is 10.1. The van der Waals surface area contributed by atoms with Crippen molar-refractivity contribution >= 4 is 5.69 Å². The molecular formula is C39H43N. The fourth-order valence-electron chi connectivity index (χ4n) is 7.94. The fraction of sp³-hybridized carbons (Fsp3) is 0.333. The summed E-state index contributed by atoms with van der Waals surface area (Å²) in [6, 6.07) is 27.5. The van der Waals surface area contributed by atoms with E-state index in [0.717, 1.165) is 25.8 Å². The molecule has 3 atom stereocenters. The monoisotopic (exact) mass is 525 g/mol. The molecule has 204 valence electrons. The van der Waals surface area contributed by atoms with Crippen molar-refractivity contribution in [3.05, 3.63) is 137 Å². The molecule has 0 radical (unpaired) electrons. The lowest BCUT2D eigenvalue weighted by atomic mass is 9.54. The van der Waals surface area contributed by atoms with E-state index >= 15 is 0 Å². The summed E-state index contributed by atoms with van der Waals surface area (Å²) in [7, 11) is 0. The molecule has 0 saturated carbocycles. The van der Waals surface area contributed by atoms with Gasteiger partial charge in [-0.15, -0.1) is 0 Å². The molecule has 3 unspecified atom stereocenters. The molecule has 1 heteroatoms. The van der Waals surface area contributed by atoms with Crippen LogP contribution in [0.15, 0.2) is 120 Å². The molecule has 0 fully saturated rings. The van der Waals surface area contributed by atoms with Crippen LogP contribution < -0.4 is 5.32 Å². The molecule has 0 bridgehead atoms. The highest BCUT2D eigenvalue weighted by molar-refractivity contribution is 5.84. The lowest BCUT2D eigenvalue weighted by Gasteiger charge is -2.48. The van der Waals surface area contributed by atoms with Crippen molar-refractivity contribution in [2.45, 2.75) is 59.3 Å². The van der Waals surface area contributed by atoms with E-state index < -0.39 is 0 Å². The first kappa shape index (κ1) is 26.6. The lowest BCUT2D eigenvalue weighted by molar-refractivity contribution is 0.293. The predicted molar refractivity (Wildman–Crippen MR) is 172 cm³/mol. The Morgan fingerprint density at radius 2 is 1.43 bits per heavy atom. The summed E-state index contributed by atoms with van der Waals surface area (Å²) in [5.74, 6) is 0.532. The largest absolute Gasteiger partial charge is 0.384 e. The number of allylic oxidation sites excluding steroid dienone is 7. The summed E-state index contributed by atoms with van der Waals surface area (Å²) in [6.07, 6.45) is 17.3. The summed E-state index contributed by atoms with van der Waals surface area (Å²) in [6.45, 7) is 12.8. The molecule has 40 heavy (non-hydrogen) atoms. The van der Waals surface area contributed by atoms with Gasteiger partial charge in [-0.05, 0) is 70.7 Å². The number of fused-ring (bicyclic) bond motifs is 3. The number of nitrogens with one attached hydrogen (secondary N) is 1. The SMILES string of the molecule is CCC1=C(CC)C(C)C(C)(CNc2ccc(C3(C4(C)C=CC=CC4)c4ccccc4-c4ccccc43)cc2)C=C1. The van der Waals surface area contributed by atoms with Crippen LogP contribution in [0.25, 0.3) is 11.1 Å². The van der Waals surface area contributed by atoms with E-state index in [1.807, 2.05) is 0 Å². The van der Waals surface area contributed by atoms with E-state index in [4.69, 9.17) is 0 Å². The molecule has 0 heterocycles. The number of hydrogen-bond acceptors (Lipinski definition) is 1. The Morgan fingerprint density at radius 1 is 0.775 bits per heavy atom. The minimum absolute atomic E-state index is 0.0882. The van der Waals surface area contributed by atoms with Gasteiger partial charge in [0.15, 0.2) is 0 Å². The zero-order chi connectivity index (χ0) is 28.0. The smallest absolute Gasteiger partial charge is 0.0554 e. The van der Waals surface area contributed by atoms with E-state index in [1.54, 1.807) is 5.57 Å². The maximum Gasteiger partial charge on any atom is 0.0554 e. The Hall–Kier alpha value is -3.58. The summed E-state index contributed by atoms with van der Waals surface area (Å²) in [4.78, 5) is 0. The van der Waals surface area contributed by atoms with Gasteiger partial charge >= 0.3 is 0 Å². The first-order chi connectivity index (χ1) is 19.4. The molecule has 3 aromatic carbocycles. The van der Waals surface area contributed by atoms with Crippen molar-refractivity contribution in [3.63, 3.8) is 0 Å². The van der Waals surface area contributed by atoms with Crippen LogP contribution in [-0.2, 0) is 5.41 Å². The Morgan fingerprint density at radius 3 is 2.00 bits per heavy atom. The van der Waals surface area contributed by atoms with Gasteiger partial charge in [0.1, 0.15) is 0 Å². The van der Waals surface area contributed by atoms with Crippen molar-refractivity contribution in [1.29, 1.82) is 0 Å². The first-order valence-electron chi connectivity index (χ1n) is 15.2. The first-order valence-corrected chi connectivity index (χ1v) is 15.2. The minimum Gasteiger partial charge on any atom is -0.384 e. The van der Waals surface area contributed by atoms with Gasteiger partial charge in [0.05, 0.1) is 5.41 Å². The Bertz CT molecular complexity index is 1490. The minimum atomic E-state index is -0.260. The van der Waals surface area contributed by atoms with Gasteiger partial charge in [-0.3, -0.25) is 0 Å². The molecule has 0 spiro atoms. The third kappa shape index (κ3) is 3.89. The molecule has 0 amide bonds. The lowest BCUT2D eigenvalue weighted by Crippen LogP contribution is -2.43. The Balaban J connectivity index is 1.38. The summed E-state index contributed by atoms with van der Waals surface area (Å²) in [5, 5.41) is 3.82. The van der Waals surface area contributed by atoms with Crippen molar-refractivity contribution < 1.29 is 0 Å². The van der Waals surface area contributed by atoms with E-state index in [9.17, 15) is 0 Å². The molecule has 3 aliphatic carbocycles. The zero-order valence-electron chi connectivity index (χ0n) is 24.8. The molecule has 3 aliphatic rings. The normalized spacial score (nSPS) is 26.1. The second-order valence-corrected chi connectivity index (χ2v) is 12.5. The van der Waals surface area contributed by atoms with Gasteiger partial charge in [0.25, 0.3) is 0 Å². The van der Waals surface area contributed by atoms with Gasteiger partial charge < -0.3 is 5.32 Å². The summed E-state index contributed by atoms with van der Waals surface area (Å²) >= 11 is 0. The number of benzene rings is 3. The third-order valence-electron chi connectivity index (χ3n) is 10.4. The van der Waals surface area contributed by atoms with Crippen LogP contribution in [0.1, 0.15) is 70.6 Å². The number of rotatable bonds is 7. The Kier molecular flexibility index (Phi) is 6.73. The van der Waals surface area contributed by atoms with E-state index in [-0.39, 0.29) is 16.2 Å².